The van der Waals surface area contributed by atoms with Crippen LogP contribution in [0.1, 0.15) is 43.1 Å². The number of hydrogen-bond acceptors (Lipinski definition) is 2. The number of benzene rings is 1. The van der Waals surface area contributed by atoms with Gasteiger partial charge >= 0.3 is 0 Å². The number of hydrogen-bond donors (Lipinski definition) is 1. The molecule has 0 bridgehead atoms. The van der Waals surface area contributed by atoms with Crippen LogP contribution in [-0.4, -0.2) is 4.98 Å². The summed E-state index contributed by atoms with van der Waals surface area (Å²) in [5.41, 5.74) is 3.66. The molecule has 0 amide bonds. The molecule has 1 heterocycles. The Balaban J connectivity index is 2.03. The van der Waals surface area contributed by atoms with Crippen molar-refractivity contribution in [2.24, 2.45) is 5.92 Å². The summed E-state index contributed by atoms with van der Waals surface area (Å²) >= 11 is 0. The van der Waals surface area contributed by atoms with E-state index in [1.807, 2.05) is 6.20 Å². The van der Waals surface area contributed by atoms with Crippen LogP contribution in [0.5, 0.6) is 0 Å². The van der Waals surface area contributed by atoms with Crippen molar-refractivity contribution in [2.45, 2.75) is 39.8 Å². The van der Waals surface area contributed by atoms with E-state index in [0.29, 0.717) is 12.0 Å². The molecule has 1 atom stereocenters. The van der Waals surface area contributed by atoms with Gasteiger partial charge in [0.1, 0.15) is 0 Å². The van der Waals surface area contributed by atoms with Crippen LogP contribution >= 0.6 is 0 Å². The van der Waals surface area contributed by atoms with Crippen LogP contribution in [0, 0.1) is 12.8 Å². The SMILES string of the molecule is Cc1ccc(CNC(CC(C)C)c2ccccc2)nc1. The molecule has 0 fully saturated rings. The van der Waals surface area contributed by atoms with Crippen molar-refractivity contribution in [3.05, 3.63) is 65.5 Å². The van der Waals surface area contributed by atoms with E-state index in [1.165, 1.54) is 11.1 Å². The number of nitrogens with zero attached hydrogens (tertiary/aromatic N) is 1. The Morgan fingerprint density at radius 1 is 1.05 bits per heavy atom. The fourth-order valence-corrected chi connectivity index (χ4v) is 2.32. The molecule has 1 N–H and O–H groups in total. The van der Waals surface area contributed by atoms with Gasteiger partial charge in [0.25, 0.3) is 0 Å². The Morgan fingerprint density at radius 2 is 1.80 bits per heavy atom. The molecule has 20 heavy (non-hydrogen) atoms. The summed E-state index contributed by atoms with van der Waals surface area (Å²) in [7, 11) is 0. The zero-order valence-corrected chi connectivity index (χ0v) is 12.6. The minimum Gasteiger partial charge on any atom is -0.304 e. The third-order valence-electron chi connectivity index (χ3n) is 3.41. The Hall–Kier alpha value is -1.67. The van der Waals surface area contributed by atoms with Gasteiger partial charge < -0.3 is 5.32 Å². The summed E-state index contributed by atoms with van der Waals surface area (Å²) in [6, 6.07) is 15.3. The van der Waals surface area contributed by atoms with Gasteiger partial charge in [-0.2, -0.15) is 0 Å². The van der Waals surface area contributed by atoms with Crippen molar-refractivity contribution in [3.8, 4) is 0 Å². The topological polar surface area (TPSA) is 24.9 Å². The molecule has 0 spiro atoms. The predicted molar refractivity (Wildman–Crippen MR) is 84.5 cm³/mol. The second kappa shape index (κ2) is 7.20. The zero-order valence-electron chi connectivity index (χ0n) is 12.6. The van der Waals surface area contributed by atoms with E-state index in [0.717, 1.165) is 18.7 Å². The summed E-state index contributed by atoms with van der Waals surface area (Å²) in [6.07, 6.45) is 3.06. The average molecular weight is 268 g/mol. The summed E-state index contributed by atoms with van der Waals surface area (Å²) in [6.45, 7) is 7.41. The molecule has 1 aromatic heterocycles. The number of aryl methyl sites for hydroxylation is 1. The molecular formula is C18H24N2. The van der Waals surface area contributed by atoms with Crippen molar-refractivity contribution < 1.29 is 0 Å². The molecule has 0 aliphatic heterocycles. The summed E-state index contributed by atoms with van der Waals surface area (Å²) in [4.78, 5) is 4.46. The molecule has 1 aromatic carbocycles. The molecule has 106 valence electrons. The fourth-order valence-electron chi connectivity index (χ4n) is 2.32. The molecule has 1 unspecified atom stereocenters. The number of nitrogens with one attached hydrogen (secondary N) is 1. The first-order valence-electron chi connectivity index (χ1n) is 7.35. The molecule has 0 saturated heterocycles. The monoisotopic (exact) mass is 268 g/mol. The third-order valence-corrected chi connectivity index (χ3v) is 3.41. The van der Waals surface area contributed by atoms with Gasteiger partial charge in [-0.1, -0.05) is 50.2 Å². The van der Waals surface area contributed by atoms with Crippen molar-refractivity contribution in [3.63, 3.8) is 0 Å². The standard InChI is InChI=1S/C18H24N2/c1-14(2)11-18(16-7-5-4-6-8-16)20-13-17-10-9-15(3)12-19-17/h4-10,12,14,18,20H,11,13H2,1-3H3. The Morgan fingerprint density at radius 3 is 2.40 bits per heavy atom. The van der Waals surface area contributed by atoms with E-state index >= 15 is 0 Å². The minimum absolute atomic E-state index is 0.388. The van der Waals surface area contributed by atoms with Gasteiger partial charge in [-0.05, 0) is 36.5 Å². The molecule has 2 rings (SSSR count). The van der Waals surface area contributed by atoms with Gasteiger partial charge in [0.05, 0.1) is 5.69 Å². The van der Waals surface area contributed by atoms with Crippen molar-refractivity contribution in [1.82, 2.24) is 10.3 Å². The lowest BCUT2D eigenvalue weighted by Crippen LogP contribution is -2.23. The average Bonchev–Trinajstić information content (AvgIpc) is 2.46. The second-order valence-electron chi connectivity index (χ2n) is 5.80. The lowest BCUT2D eigenvalue weighted by Gasteiger charge is -2.21. The quantitative estimate of drug-likeness (QED) is 0.846. The van der Waals surface area contributed by atoms with Crippen LogP contribution in [0.15, 0.2) is 48.7 Å². The second-order valence-corrected chi connectivity index (χ2v) is 5.80. The number of pyridine rings is 1. The maximum absolute atomic E-state index is 4.46. The van der Waals surface area contributed by atoms with Gasteiger partial charge in [0, 0.05) is 18.8 Å². The van der Waals surface area contributed by atoms with E-state index in [4.69, 9.17) is 0 Å². The first kappa shape index (κ1) is 14.7. The Labute approximate surface area is 122 Å². The highest BCUT2D eigenvalue weighted by Gasteiger charge is 2.12. The highest BCUT2D eigenvalue weighted by atomic mass is 14.9. The zero-order chi connectivity index (χ0) is 14.4. The molecule has 0 aliphatic carbocycles. The molecular weight excluding hydrogens is 244 g/mol. The fraction of sp³-hybridized carbons (Fsp3) is 0.389. The van der Waals surface area contributed by atoms with Crippen molar-refractivity contribution in [2.75, 3.05) is 0 Å². The van der Waals surface area contributed by atoms with E-state index in [2.05, 4.69) is 73.5 Å². The van der Waals surface area contributed by atoms with E-state index < -0.39 is 0 Å². The Kier molecular flexibility index (Phi) is 5.31. The first-order valence-corrected chi connectivity index (χ1v) is 7.35. The maximum atomic E-state index is 4.46. The van der Waals surface area contributed by atoms with Gasteiger partial charge in [-0.3, -0.25) is 4.98 Å². The van der Waals surface area contributed by atoms with Gasteiger partial charge in [-0.25, -0.2) is 0 Å². The summed E-state index contributed by atoms with van der Waals surface area (Å²) in [5, 5.41) is 3.64. The third kappa shape index (κ3) is 4.46. The molecule has 2 aromatic rings. The van der Waals surface area contributed by atoms with Crippen LogP contribution in [0.3, 0.4) is 0 Å². The first-order chi connectivity index (χ1) is 9.65. The Bertz CT molecular complexity index is 503. The largest absolute Gasteiger partial charge is 0.304 e. The summed E-state index contributed by atoms with van der Waals surface area (Å²) in [5.74, 6) is 0.665. The van der Waals surface area contributed by atoms with Gasteiger partial charge in [0.15, 0.2) is 0 Å². The maximum Gasteiger partial charge on any atom is 0.0542 e. The van der Waals surface area contributed by atoms with Crippen LogP contribution in [0.2, 0.25) is 0 Å². The lowest BCUT2D eigenvalue weighted by atomic mass is 9.97. The smallest absolute Gasteiger partial charge is 0.0542 e. The van der Waals surface area contributed by atoms with Crippen LogP contribution in [-0.2, 0) is 6.54 Å². The molecule has 2 heteroatoms. The number of aromatic nitrogens is 1. The predicted octanol–water partition coefficient (Wildman–Crippen LogP) is 4.27. The number of rotatable bonds is 6. The highest BCUT2D eigenvalue weighted by Crippen LogP contribution is 2.21. The van der Waals surface area contributed by atoms with E-state index in [1.54, 1.807) is 0 Å². The molecule has 2 nitrogen and oxygen atoms in total. The van der Waals surface area contributed by atoms with Crippen molar-refractivity contribution >= 4 is 0 Å². The van der Waals surface area contributed by atoms with E-state index in [-0.39, 0.29) is 0 Å². The molecule has 0 aliphatic rings. The molecule has 0 radical (unpaired) electrons. The normalized spacial score (nSPS) is 12.6. The van der Waals surface area contributed by atoms with Crippen molar-refractivity contribution in [1.29, 1.82) is 0 Å². The van der Waals surface area contributed by atoms with Crippen LogP contribution < -0.4 is 5.32 Å². The highest BCUT2D eigenvalue weighted by molar-refractivity contribution is 5.19. The van der Waals surface area contributed by atoms with Crippen LogP contribution in [0.4, 0.5) is 0 Å². The lowest BCUT2D eigenvalue weighted by molar-refractivity contribution is 0.426. The van der Waals surface area contributed by atoms with Gasteiger partial charge in [0.2, 0.25) is 0 Å². The van der Waals surface area contributed by atoms with E-state index in [9.17, 15) is 0 Å². The summed E-state index contributed by atoms with van der Waals surface area (Å²) < 4.78 is 0. The van der Waals surface area contributed by atoms with Gasteiger partial charge in [-0.15, -0.1) is 0 Å². The minimum atomic E-state index is 0.388. The molecule has 0 saturated carbocycles. The van der Waals surface area contributed by atoms with Crippen LogP contribution in [0.25, 0.3) is 0 Å².